The molecule has 0 aliphatic rings. The molecule has 2 aromatic rings. The number of nitrogens with one attached hydrogen (secondary N) is 1. The van der Waals surface area contributed by atoms with Crippen LogP contribution in [0.1, 0.15) is 10.4 Å². The van der Waals surface area contributed by atoms with Crippen molar-refractivity contribution >= 4 is 62.1 Å². The van der Waals surface area contributed by atoms with Gasteiger partial charge in [0, 0.05) is 6.07 Å². The van der Waals surface area contributed by atoms with E-state index in [1.54, 1.807) is 0 Å². The van der Waals surface area contributed by atoms with E-state index in [0.29, 0.717) is 4.34 Å². The summed E-state index contributed by atoms with van der Waals surface area (Å²) in [7, 11) is 0. The molecule has 2 rings (SSSR count). The van der Waals surface area contributed by atoms with E-state index in [1.165, 1.54) is 6.07 Å². The quantitative estimate of drug-likeness (QED) is 0.692. The molecule has 0 spiro atoms. The molecule has 0 atom stereocenters. The molecule has 100 valence electrons. The average molecular weight is 387 g/mol. The normalized spacial score (nSPS) is 10.6. The average Bonchev–Trinajstić information content (AvgIpc) is 2.65. The minimum absolute atomic E-state index is 0.0281. The summed E-state index contributed by atoms with van der Waals surface area (Å²) >= 11 is 15.4. The summed E-state index contributed by atoms with van der Waals surface area (Å²) in [5.41, 5.74) is -0.163. The monoisotopic (exact) mass is 385 g/mol. The third kappa shape index (κ3) is 3.25. The van der Waals surface area contributed by atoms with Crippen LogP contribution in [0.3, 0.4) is 0 Å². The molecule has 0 bridgehead atoms. The highest BCUT2D eigenvalue weighted by atomic mass is 79.9. The Kier molecular flexibility index (Phi) is 4.45. The third-order valence-corrected chi connectivity index (χ3v) is 4.25. The summed E-state index contributed by atoms with van der Waals surface area (Å²) in [6.07, 6.45) is 0. The highest BCUT2D eigenvalue weighted by Gasteiger charge is 2.17. The lowest BCUT2D eigenvalue weighted by Gasteiger charge is -2.06. The van der Waals surface area contributed by atoms with E-state index in [-0.39, 0.29) is 20.1 Å². The second-order valence-electron chi connectivity index (χ2n) is 3.44. The van der Waals surface area contributed by atoms with Crippen molar-refractivity contribution in [3.05, 3.63) is 48.5 Å². The smallest absolute Gasteiger partial charge is 0.258 e. The van der Waals surface area contributed by atoms with Gasteiger partial charge in [0.15, 0.2) is 0 Å². The van der Waals surface area contributed by atoms with Crippen LogP contribution in [0.4, 0.5) is 14.5 Å². The minimum Gasteiger partial charge on any atom is -0.319 e. The van der Waals surface area contributed by atoms with Crippen molar-refractivity contribution in [2.24, 2.45) is 0 Å². The summed E-state index contributed by atoms with van der Waals surface area (Å²) in [6.45, 7) is 0. The zero-order valence-electron chi connectivity index (χ0n) is 8.94. The van der Waals surface area contributed by atoms with Crippen LogP contribution >= 0.6 is 50.5 Å². The van der Waals surface area contributed by atoms with Crippen molar-refractivity contribution in [1.82, 2.24) is 0 Å². The predicted octanol–water partition coefficient (Wildman–Crippen LogP) is 5.35. The number of carbonyl (C=O) groups excluding carboxylic acids is 1. The van der Waals surface area contributed by atoms with E-state index in [4.69, 9.17) is 23.2 Å². The first-order chi connectivity index (χ1) is 8.88. The van der Waals surface area contributed by atoms with Gasteiger partial charge >= 0.3 is 0 Å². The second-order valence-corrected chi connectivity index (χ2v) is 6.58. The Hall–Kier alpha value is -0.690. The van der Waals surface area contributed by atoms with E-state index in [2.05, 4.69) is 21.2 Å². The fourth-order valence-corrected chi connectivity index (χ4v) is 3.08. The number of benzene rings is 1. The molecular weight excluding hydrogens is 383 g/mol. The molecule has 1 aromatic carbocycles. The SMILES string of the molecule is O=C(Nc1cc(F)c(Br)cc1F)c1cc(Cl)sc1Cl. The Bertz CT molecular complexity index is 662. The summed E-state index contributed by atoms with van der Waals surface area (Å²) in [6, 6.07) is 3.16. The van der Waals surface area contributed by atoms with Gasteiger partial charge in [-0.15, -0.1) is 11.3 Å². The maximum Gasteiger partial charge on any atom is 0.258 e. The molecule has 1 aromatic heterocycles. The highest BCUT2D eigenvalue weighted by Crippen LogP contribution is 2.32. The van der Waals surface area contributed by atoms with E-state index < -0.39 is 17.5 Å². The molecule has 0 aliphatic carbocycles. The number of carbonyl (C=O) groups is 1. The van der Waals surface area contributed by atoms with E-state index in [0.717, 1.165) is 23.5 Å². The first-order valence-electron chi connectivity index (χ1n) is 4.79. The first-order valence-corrected chi connectivity index (χ1v) is 7.15. The van der Waals surface area contributed by atoms with Crippen molar-refractivity contribution in [2.75, 3.05) is 5.32 Å². The summed E-state index contributed by atoms with van der Waals surface area (Å²) in [5, 5.41) is 2.24. The van der Waals surface area contributed by atoms with Crippen LogP contribution in [0.2, 0.25) is 8.67 Å². The van der Waals surface area contributed by atoms with Crippen LogP contribution in [0.5, 0.6) is 0 Å². The second kappa shape index (κ2) is 5.75. The number of halogens is 5. The standard InChI is InChI=1S/C11H4BrCl2F2NOS/c12-5-2-7(16)8(3-6(5)15)17-11(18)4-1-9(13)19-10(4)14/h1-3H,(H,17,18). The van der Waals surface area contributed by atoms with Crippen LogP contribution in [-0.2, 0) is 0 Å². The van der Waals surface area contributed by atoms with Gasteiger partial charge in [-0.1, -0.05) is 23.2 Å². The molecular formula is C11H4BrCl2F2NOS. The van der Waals surface area contributed by atoms with Crippen LogP contribution in [0, 0.1) is 11.6 Å². The number of amides is 1. The van der Waals surface area contributed by atoms with Crippen LogP contribution in [0.25, 0.3) is 0 Å². The zero-order valence-corrected chi connectivity index (χ0v) is 12.9. The lowest BCUT2D eigenvalue weighted by Crippen LogP contribution is -2.12. The maximum atomic E-state index is 13.5. The maximum absolute atomic E-state index is 13.5. The number of rotatable bonds is 2. The van der Waals surface area contributed by atoms with Crippen molar-refractivity contribution in [3.63, 3.8) is 0 Å². The fourth-order valence-electron chi connectivity index (χ4n) is 1.30. The molecule has 0 fully saturated rings. The Morgan fingerprint density at radius 3 is 2.47 bits per heavy atom. The van der Waals surface area contributed by atoms with Crippen molar-refractivity contribution in [2.45, 2.75) is 0 Å². The summed E-state index contributed by atoms with van der Waals surface area (Å²) < 4.78 is 27.3. The predicted molar refractivity (Wildman–Crippen MR) is 76.4 cm³/mol. The largest absolute Gasteiger partial charge is 0.319 e. The number of anilines is 1. The summed E-state index contributed by atoms with van der Waals surface area (Å²) in [5.74, 6) is -2.11. The number of thiophene rings is 1. The molecule has 1 amide bonds. The van der Waals surface area contributed by atoms with Gasteiger partial charge in [-0.3, -0.25) is 4.79 Å². The topological polar surface area (TPSA) is 29.1 Å². The third-order valence-electron chi connectivity index (χ3n) is 2.16. The van der Waals surface area contributed by atoms with Crippen LogP contribution in [0.15, 0.2) is 22.7 Å². The molecule has 0 saturated carbocycles. The molecule has 0 aliphatic heterocycles. The van der Waals surface area contributed by atoms with Crippen molar-refractivity contribution < 1.29 is 13.6 Å². The molecule has 0 radical (unpaired) electrons. The van der Waals surface area contributed by atoms with E-state index >= 15 is 0 Å². The first kappa shape index (κ1) is 14.7. The Morgan fingerprint density at radius 2 is 1.89 bits per heavy atom. The van der Waals surface area contributed by atoms with Crippen molar-refractivity contribution in [3.8, 4) is 0 Å². The molecule has 0 saturated heterocycles. The van der Waals surface area contributed by atoms with Gasteiger partial charge in [0.2, 0.25) is 0 Å². The van der Waals surface area contributed by atoms with Gasteiger partial charge < -0.3 is 5.32 Å². The highest BCUT2D eigenvalue weighted by molar-refractivity contribution is 9.10. The molecule has 2 nitrogen and oxygen atoms in total. The molecule has 1 heterocycles. The summed E-state index contributed by atoms with van der Waals surface area (Å²) in [4.78, 5) is 11.8. The van der Waals surface area contributed by atoms with Crippen molar-refractivity contribution in [1.29, 1.82) is 0 Å². The van der Waals surface area contributed by atoms with Crippen LogP contribution in [-0.4, -0.2) is 5.91 Å². The molecule has 0 unspecified atom stereocenters. The Morgan fingerprint density at radius 1 is 1.21 bits per heavy atom. The number of hydrogen-bond donors (Lipinski definition) is 1. The van der Waals surface area contributed by atoms with Gasteiger partial charge in [0.1, 0.15) is 16.0 Å². The van der Waals surface area contributed by atoms with Gasteiger partial charge in [-0.25, -0.2) is 8.78 Å². The molecule has 1 N–H and O–H groups in total. The van der Waals surface area contributed by atoms with E-state index in [1.807, 2.05) is 0 Å². The van der Waals surface area contributed by atoms with Gasteiger partial charge in [-0.05, 0) is 28.1 Å². The molecule has 8 heteroatoms. The lowest BCUT2D eigenvalue weighted by molar-refractivity contribution is 0.102. The Labute approximate surface area is 129 Å². The zero-order chi connectivity index (χ0) is 14.2. The van der Waals surface area contributed by atoms with Gasteiger partial charge in [0.05, 0.1) is 20.1 Å². The van der Waals surface area contributed by atoms with Crippen LogP contribution < -0.4 is 5.32 Å². The van der Waals surface area contributed by atoms with Gasteiger partial charge in [-0.2, -0.15) is 0 Å². The van der Waals surface area contributed by atoms with E-state index in [9.17, 15) is 13.6 Å². The van der Waals surface area contributed by atoms with Gasteiger partial charge in [0.25, 0.3) is 5.91 Å². The number of hydrogen-bond acceptors (Lipinski definition) is 2. The minimum atomic E-state index is -0.765. The lowest BCUT2D eigenvalue weighted by atomic mass is 10.2. The fraction of sp³-hybridized carbons (Fsp3) is 0. The Balaban J connectivity index is 2.29. The molecule has 19 heavy (non-hydrogen) atoms.